The van der Waals surface area contributed by atoms with Gasteiger partial charge in [-0.05, 0) is 62.4 Å². The SMILES string of the molecule is CC1(O)c2cccc(n2)-c2cccc(n2)C(C)(O)c2cccc(n2)-c2cccc1n2.CO.CO.[Br-].[Br-].[Co+2]. The number of rotatable bonds is 0. The molecule has 0 amide bonds. The summed E-state index contributed by atoms with van der Waals surface area (Å²) >= 11 is 0. The van der Waals surface area contributed by atoms with E-state index in [9.17, 15) is 10.2 Å². The van der Waals surface area contributed by atoms with Crippen LogP contribution < -0.4 is 34.0 Å². The first-order valence-corrected chi connectivity index (χ1v) is 10.6. The Morgan fingerprint density at radius 3 is 0.838 bits per heavy atom. The Morgan fingerprint density at radius 1 is 0.459 bits per heavy atom. The van der Waals surface area contributed by atoms with Gasteiger partial charge in [-0.1, -0.05) is 24.3 Å². The van der Waals surface area contributed by atoms with Gasteiger partial charge in [0.1, 0.15) is 11.2 Å². The zero-order chi connectivity index (χ0) is 24.9. The molecule has 8 nitrogen and oxygen atoms in total. The molecule has 1 aliphatic rings. The summed E-state index contributed by atoms with van der Waals surface area (Å²) in [5.41, 5.74) is 1.42. The number of aliphatic hydroxyl groups is 4. The summed E-state index contributed by atoms with van der Waals surface area (Å²) in [5, 5.41) is 36.7. The van der Waals surface area contributed by atoms with E-state index in [1.807, 2.05) is 48.5 Å². The summed E-state index contributed by atoms with van der Waals surface area (Å²) in [7, 11) is 2.00. The quantitative estimate of drug-likeness (QED) is 0.152. The molecule has 0 saturated heterocycles. The van der Waals surface area contributed by atoms with Crippen LogP contribution in [-0.2, 0) is 28.0 Å². The molecule has 37 heavy (non-hydrogen) atoms. The molecule has 0 spiro atoms. The Balaban J connectivity index is 0.00000177. The van der Waals surface area contributed by atoms with Crippen LogP contribution in [0, 0.1) is 0 Å². The van der Waals surface area contributed by atoms with E-state index in [-0.39, 0.29) is 50.7 Å². The fourth-order valence-corrected chi connectivity index (χ4v) is 3.66. The maximum atomic E-state index is 11.3. The summed E-state index contributed by atoms with van der Waals surface area (Å²) in [6.45, 7) is 3.35. The molecule has 4 aromatic heterocycles. The Hall–Kier alpha value is -2.09. The monoisotopic (exact) mass is 677 g/mol. The molecule has 1 radical (unpaired) electrons. The van der Waals surface area contributed by atoms with Gasteiger partial charge in [-0.3, -0.25) is 0 Å². The minimum absolute atomic E-state index is 0. The van der Waals surface area contributed by atoms with Crippen LogP contribution in [0.5, 0.6) is 0 Å². The predicted octanol–water partition coefficient (Wildman–Crippen LogP) is -3.35. The van der Waals surface area contributed by atoms with E-state index in [2.05, 4.69) is 19.9 Å². The van der Waals surface area contributed by atoms with Crippen molar-refractivity contribution in [1.82, 2.24) is 19.9 Å². The second-order valence-electron chi connectivity index (χ2n) is 7.78. The minimum Gasteiger partial charge on any atom is -1.00 e. The van der Waals surface area contributed by atoms with E-state index < -0.39 is 11.2 Å². The summed E-state index contributed by atoms with van der Waals surface area (Å²) in [5.74, 6) is 0. The first-order chi connectivity index (χ1) is 16.4. The van der Waals surface area contributed by atoms with Gasteiger partial charge in [0.15, 0.2) is 0 Å². The van der Waals surface area contributed by atoms with Gasteiger partial charge in [0.2, 0.25) is 0 Å². The number of halogens is 2. The van der Waals surface area contributed by atoms with E-state index in [1.165, 1.54) is 0 Å². The fraction of sp³-hybridized carbons (Fsp3) is 0.231. The number of nitrogens with zero attached hydrogens (tertiary/aromatic N) is 4. The standard InChI is InChI=1S/C24H20N4O2.2CH4O.2BrH.Co/c1-23(29)19-11-3-7-15(25-19)17-9-5-13-21(27-17)24(2,30)22-14-6-10-18(28-22)16-8-4-12-20(23)26-16;2*1-2;;;/h3-14,29-30H,1-2H3;2*2H,1H3;2*1H;/q;;;;;+2/p-2. The number of aromatic nitrogens is 4. The van der Waals surface area contributed by atoms with Gasteiger partial charge >= 0.3 is 16.8 Å². The van der Waals surface area contributed by atoms with Crippen molar-refractivity contribution in [2.75, 3.05) is 14.2 Å². The topological polar surface area (TPSA) is 132 Å². The molecular weight excluding hydrogens is 651 g/mol. The van der Waals surface area contributed by atoms with Crippen molar-refractivity contribution in [3.63, 3.8) is 0 Å². The smallest absolute Gasteiger partial charge is 1.00 e. The molecule has 199 valence electrons. The largest absolute Gasteiger partial charge is 2.00 e. The van der Waals surface area contributed by atoms with Gasteiger partial charge in [0.25, 0.3) is 0 Å². The average Bonchev–Trinajstić information content (AvgIpc) is 2.91. The third kappa shape index (κ3) is 7.06. The molecule has 4 N–H and O–H groups in total. The maximum absolute atomic E-state index is 11.3. The van der Waals surface area contributed by atoms with E-state index >= 15 is 0 Å². The molecule has 5 rings (SSSR count). The minimum atomic E-state index is -1.41. The Kier molecular flexibility index (Phi) is 13.9. The molecule has 4 aromatic rings. The summed E-state index contributed by atoms with van der Waals surface area (Å²) in [4.78, 5) is 18.7. The molecule has 5 heterocycles. The van der Waals surface area contributed by atoms with Gasteiger partial charge in [-0.2, -0.15) is 0 Å². The van der Waals surface area contributed by atoms with Crippen LogP contribution in [0.15, 0.2) is 72.8 Å². The number of aliphatic hydroxyl groups excluding tert-OH is 2. The number of fused-ring (bicyclic) bond motifs is 10. The van der Waals surface area contributed by atoms with Crippen LogP contribution in [-0.4, -0.2) is 54.6 Å². The first-order valence-electron chi connectivity index (χ1n) is 10.6. The van der Waals surface area contributed by atoms with Crippen molar-refractivity contribution in [2.24, 2.45) is 0 Å². The second-order valence-corrected chi connectivity index (χ2v) is 7.78. The van der Waals surface area contributed by atoms with Crippen molar-refractivity contribution in [2.45, 2.75) is 25.0 Å². The summed E-state index contributed by atoms with van der Waals surface area (Å²) < 4.78 is 0. The van der Waals surface area contributed by atoms with Crippen LogP contribution in [0.4, 0.5) is 0 Å². The Labute approximate surface area is 247 Å². The van der Waals surface area contributed by atoms with Crippen molar-refractivity contribution in [1.29, 1.82) is 0 Å². The number of hydrogen-bond acceptors (Lipinski definition) is 8. The van der Waals surface area contributed by atoms with Gasteiger partial charge in [-0.15, -0.1) is 0 Å². The first kappa shape index (κ1) is 34.9. The zero-order valence-corrected chi connectivity index (χ0v) is 24.8. The summed E-state index contributed by atoms with van der Waals surface area (Å²) in [6, 6.07) is 21.7. The molecule has 0 aliphatic carbocycles. The molecular formula is C26H28Br2CoN4O4. The molecule has 0 unspecified atom stereocenters. The van der Waals surface area contributed by atoms with Crippen molar-refractivity contribution >= 4 is 0 Å². The Morgan fingerprint density at radius 2 is 0.649 bits per heavy atom. The van der Waals surface area contributed by atoms with Crippen molar-refractivity contribution < 1.29 is 71.2 Å². The second kappa shape index (κ2) is 14.7. The van der Waals surface area contributed by atoms with E-state index in [0.717, 1.165) is 14.2 Å². The molecule has 0 atom stereocenters. The van der Waals surface area contributed by atoms with Crippen LogP contribution in [0.3, 0.4) is 0 Å². The van der Waals surface area contributed by atoms with Gasteiger partial charge in [0.05, 0.1) is 45.6 Å². The van der Waals surface area contributed by atoms with Crippen LogP contribution in [0.1, 0.15) is 36.6 Å². The van der Waals surface area contributed by atoms with Crippen LogP contribution >= 0.6 is 0 Å². The third-order valence-electron chi connectivity index (χ3n) is 5.52. The summed E-state index contributed by atoms with van der Waals surface area (Å²) in [6.07, 6.45) is 0. The van der Waals surface area contributed by atoms with Crippen molar-refractivity contribution in [3.05, 3.63) is 95.6 Å². The van der Waals surface area contributed by atoms with E-state index in [1.54, 1.807) is 38.1 Å². The zero-order valence-electron chi connectivity index (χ0n) is 20.6. The normalized spacial score (nSPS) is 18.4. The maximum Gasteiger partial charge on any atom is 2.00 e. The molecule has 11 heteroatoms. The van der Waals surface area contributed by atoms with Crippen LogP contribution in [0.2, 0.25) is 0 Å². The molecule has 1 aliphatic heterocycles. The van der Waals surface area contributed by atoms with Crippen LogP contribution in [0.25, 0.3) is 22.8 Å². The number of hydrogen-bond donors (Lipinski definition) is 4. The molecule has 0 saturated carbocycles. The Bertz CT molecular complexity index is 1100. The fourth-order valence-electron chi connectivity index (χ4n) is 3.66. The van der Waals surface area contributed by atoms with Gasteiger partial charge in [-0.25, -0.2) is 19.9 Å². The molecule has 0 fully saturated rings. The molecule has 8 bridgehead atoms. The third-order valence-corrected chi connectivity index (χ3v) is 5.52. The molecule has 0 aromatic carbocycles. The predicted molar refractivity (Wildman–Crippen MR) is 129 cm³/mol. The van der Waals surface area contributed by atoms with E-state index in [0.29, 0.717) is 45.6 Å². The van der Waals surface area contributed by atoms with Crippen molar-refractivity contribution in [3.8, 4) is 22.8 Å². The van der Waals surface area contributed by atoms with Gasteiger partial charge in [0, 0.05) is 14.2 Å². The average molecular weight is 679 g/mol. The number of pyridine rings is 4. The van der Waals surface area contributed by atoms with E-state index in [4.69, 9.17) is 10.2 Å². The van der Waals surface area contributed by atoms with Gasteiger partial charge < -0.3 is 54.4 Å².